The molecule has 26 heavy (non-hydrogen) atoms. The Morgan fingerprint density at radius 1 is 1.12 bits per heavy atom. The Morgan fingerprint density at radius 3 is 2.23 bits per heavy atom. The lowest BCUT2D eigenvalue weighted by atomic mass is 9.71. The number of ether oxygens (including phenoxy) is 1. The molecule has 150 valence electrons. The van der Waals surface area contributed by atoms with Crippen LogP contribution in [0.2, 0.25) is 18.1 Å². The lowest BCUT2D eigenvalue weighted by Crippen LogP contribution is -2.68. The second kappa shape index (κ2) is 7.72. The second-order valence-corrected chi connectivity index (χ2v) is 14.5. The van der Waals surface area contributed by atoms with Crippen molar-refractivity contribution in [2.45, 2.75) is 103 Å². The third-order valence-electron chi connectivity index (χ3n) is 6.33. The van der Waals surface area contributed by atoms with E-state index in [0.717, 1.165) is 19.3 Å². The summed E-state index contributed by atoms with van der Waals surface area (Å²) in [6, 6.07) is -0.117. The predicted molar refractivity (Wildman–Crippen MR) is 106 cm³/mol. The molecule has 2 aliphatic rings. The van der Waals surface area contributed by atoms with Crippen molar-refractivity contribution in [1.82, 2.24) is 5.32 Å². The van der Waals surface area contributed by atoms with E-state index >= 15 is 0 Å². The quantitative estimate of drug-likeness (QED) is 0.561. The van der Waals surface area contributed by atoms with Gasteiger partial charge in [-0.05, 0) is 58.2 Å². The Balaban J connectivity index is 2.08. The van der Waals surface area contributed by atoms with Crippen molar-refractivity contribution in [3.05, 3.63) is 0 Å². The standard InChI is InChI=1S/C20H37NO4Si/c1-12(2)24-15-11-9-10-14(18(15)22)17-16(19(23)21-17)13(3)25-26(7,8)20(4,5)6/h12-17H,9-11H2,1-8H3,(H,21,23)/t13-,14-,15-,16-,17-/m1/s1. The van der Waals surface area contributed by atoms with Gasteiger partial charge in [0.1, 0.15) is 6.10 Å². The minimum atomic E-state index is -1.96. The number of carbonyl (C=O) groups excluding carboxylic acids is 2. The molecule has 0 spiro atoms. The van der Waals surface area contributed by atoms with Gasteiger partial charge in [-0.1, -0.05) is 20.8 Å². The highest BCUT2D eigenvalue weighted by Gasteiger charge is 2.52. The molecule has 1 saturated heterocycles. The molecule has 1 N–H and O–H groups in total. The summed E-state index contributed by atoms with van der Waals surface area (Å²) in [6.07, 6.45) is 2.11. The number of carbonyl (C=O) groups is 2. The number of β-lactam (4-membered cyclic amide) rings is 1. The first-order valence-corrected chi connectivity index (χ1v) is 12.9. The number of hydrogen-bond acceptors (Lipinski definition) is 4. The van der Waals surface area contributed by atoms with Crippen molar-refractivity contribution < 1.29 is 18.8 Å². The Labute approximate surface area is 159 Å². The van der Waals surface area contributed by atoms with Crippen molar-refractivity contribution in [3.63, 3.8) is 0 Å². The zero-order chi connectivity index (χ0) is 19.9. The summed E-state index contributed by atoms with van der Waals surface area (Å²) in [5.41, 5.74) is 0. The van der Waals surface area contributed by atoms with E-state index in [1.165, 1.54) is 0 Å². The molecule has 1 aliphatic carbocycles. The maximum absolute atomic E-state index is 12.9. The molecule has 1 heterocycles. The van der Waals surface area contributed by atoms with Crippen LogP contribution >= 0.6 is 0 Å². The van der Waals surface area contributed by atoms with Crippen LogP contribution in [0.3, 0.4) is 0 Å². The molecule has 2 fully saturated rings. The Hall–Kier alpha value is -0.723. The summed E-state index contributed by atoms with van der Waals surface area (Å²) in [5, 5.41) is 3.08. The van der Waals surface area contributed by atoms with Gasteiger partial charge in [-0.15, -0.1) is 0 Å². The highest BCUT2D eigenvalue weighted by Crippen LogP contribution is 2.40. The highest BCUT2D eigenvalue weighted by atomic mass is 28.4. The average Bonchev–Trinajstić information content (AvgIpc) is 2.45. The fourth-order valence-electron chi connectivity index (χ4n) is 3.85. The molecule has 0 radical (unpaired) electrons. The molecule has 0 bridgehead atoms. The van der Waals surface area contributed by atoms with Gasteiger partial charge in [-0.25, -0.2) is 0 Å². The van der Waals surface area contributed by atoms with E-state index < -0.39 is 8.32 Å². The molecule has 1 amide bonds. The van der Waals surface area contributed by atoms with Crippen LogP contribution in [0.15, 0.2) is 0 Å². The largest absolute Gasteiger partial charge is 0.413 e. The molecule has 6 heteroatoms. The molecule has 2 rings (SSSR count). The minimum absolute atomic E-state index is 0.0147. The van der Waals surface area contributed by atoms with E-state index in [-0.39, 0.29) is 52.9 Å². The number of rotatable bonds is 6. The number of Topliss-reactive ketones (excluding diaryl/α,β-unsaturated/α-hetero) is 1. The average molecular weight is 384 g/mol. The van der Waals surface area contributed by atoms with Gasteiger partial charge in [-0.2, -0.15) is 0 Å². The highest BCUT2D eigenvalue weighted by molar-refractivity contribution is 6.74. The van der Waals surface area contributed by atoms with Gasteiger partial charge in [0.25, 0.3) is 0 Å². The Morgan fingerprint density at radius 2 is 1.73 bits per heavy atom. The fraction of sp³-hybridized carbons (Fsp3) is 0.900. The van der Waals surface area contributed by atoms with Gasteiger partial charge in [-0.3, -0.25) is 9.59 Å². The zero-order valence-electron chi connectivity index (χ0n) is 17.7. The third-order valence-corrected chi connectivity index (χ3v) is 10.9. The van der Waals surface area contributed by atoms with Gasteiger partial charge in [0.15, 0.2) is 14.1 Å². The van der Waals surface area contributed by atoms with E-state index in [4.69, 9.17) is 9.16 Å². The van der Waals surface area contributed by atoms with Gasteiger partial charge in [0, 0.05) is 5.92 Å². The van der Waals surface area contributed by atoms with Gasteiger partial charge >= 0.3 is 0 Å². The normalized spacial score (nSPS) is 31.6. The number of hydrogen-bond donors (Lipinski definition) is 1. The first kappa shape index (κ1) is 21.6. The van der Waals surface area contributed by atoms with Gasteiger partial charge < -0.3 is 14.5 Å². The van der Waals surface area contributed by atoms with Crippen molar-refractivity contribution in [3.8, 4) is 0 Å². The molecule has 5 nitrogen and oxygen atoms in total. The van der Waals surface area contributed by atoms with E-state index in [1.54, 1.807) is 0 Å². The van der Waals surface area contributed by atoms with Gasteiger partial charge in [0.2, 0.25) is 5.91 Å². The van der Waals surface area contributed by atoms with Crippen LogP contribution < -0.4 is 5.32 Å². The second-order valence-electron chi connectivity index (χ2n) is 9.76. The van der Waals surface area contributed by atoms with Crippen LogP contribution in [-0.4, -0.2) is 44.4 Å². The molecule has 0 aromatic rings. The maximum atomic E-state index is 12.9. The summed E-state index contributed by atoms with van der Waals surface area (Å²) in [4.78, 5) is 25.2. The monoisotopic (exact) mass is 383 g/mol. The maximum Gasteiger partial charge on any atom is 0.228 e. The topological polar surface area (TPSA) is 64.6 Å². The first-order valence-electron chi connectivity index (χ1n) is 10.0. The SMILES string of the molecule is CC(C)O[C@@H]1CCC[C@H]([C@H]2NC(=O)[C@@H]2[C@@H](C)O[Si](C)(C)C(C)(C)C)C1=O. The van der Waals surface area contributed by atoms with Crippen LogP contribution in [0.5, 0.6) is 0 Å². The summed E-state index contributed by atoms with van der Waals surface area (Å²) in [5.74, 6) is -0.225. The summed E-state index contributed by atoms with van der Waals surface area (Å²) in [7, 11) is -1.96. The smallest absolute Gasteiger partial charge is 0.228 e. The van der Waals surface area contributed by atoms with Crippen LogP contribution in [-0.2, 0) is 18.8 Å². The van der Waals surface area contributed by atoms with E-state index in [2.05, 4.69) is 39.2 Å². The number of nitrogens with one attached hydrogen (secondary N) is 1. The summed E-state index contributed by atoms with van der Waals surface area (Å²) in [6.45, 7) is 16.9. The molecule has 1 aliphatic heterocycles. The number of ketones is 1. The minimum Gasteiger partial charge on any atom is -0.413 e. The first-order chi connectivity index (χ1) is 11.8. The molecule has 0 aromatic carbocycles. The van der Waals surface area contributed by atoms with Crippen LogP contribution in [0, 0.1) is 11.8 Å². The van der Waals surface area contributed by atoms with Crippen LogP contribution in [0.25, 0.3) is 0 Å². The van der Waals surface area contributed by atoms with Crippen molar-refractivity contribution in [1.29, 1.82) is 0 Å². The van der Waals surface area contributed by atoms with E-state index in [0.29, 0.717) is 0 Å². The lowest BCUT2D eigenvalue weighted by Gasteiger charge is -2.48. The predicted octanol–water partition coefficient (Wildman–Crippen LogP) is 3.67. The Bertz CT molecular complexity index is 540. The molecule has 0 unspecified atom stereocenters. The number of amides is 1. The zero-order valence-corrected chi connectivity index (χ0v) is 18.7. The summed E-state index contributed by atoms with van der Waals surface area (Å²) < 4.78 is 12.3. The molecular weight excluding hydrogens is 346 g/mol. The van der Waals surface area contributed by atoms with E-state index in [1.807, 2.05) is 20.8 Å². The Kier molecular flexibility index (Phi) is 6.41. The lowest BCUT2D eigenvalue weighted by molar-refractivity contribution is -0.152. The molecule has 5 atom stereocenters. The molecular formula is C20H37NO4Si. The van der Waals surface area contributed by atoms with Gasteiger partial charge in [0.05, 0.1) is 24.2 Å². The summed E-state index contributed by atoms with van der Waals surface area (Å²) >= 11 is 0. The molecule has 0 aromatic heterocycles. The van der Waals surface area contributed by atoms with Crippen molar-refractivity contribution >= 4 is 20.0 Å². The van der Waals surface area contributed by atoms with E-state index in [9.17, 15) is 9.59 Å². The van der Waals surface area contributed by atoms with Crippen LogP contribution in [0.1, 0.15) is 60.8 Å². The van der Waals surface area contributed by atoms with Crippen molar-refractivity contribution in [2.75, 3.05) is 0 Å². The third kappa shape index (κ3) is 4.39. The van der Waals surface area contributed by atoms with Crippen molar-refractivity contribution in [2.24, 2.45) is 11.8 Å². The van der Waals surface area contributed by atoms with Crippen LogP contribution in [0.4, 0.5) is 0 Å². The fourth-order valence-corrected chi connectivity index (χ4v) is 5.28. The molecule has 1 saturated carbocycles.